The summed E-state index contributed by atoms with van der Waals surface area (Å²) in [5, 5.41) is 7.66. The number of aromatic nitrogens is 3. The maximum Gasteiger partial charge on any atom is 0.289 e. The first kappa shape index (κ1) is 14.4. The second-order valence-electron chi connectivity index (χ2n) is 5.56. The van der Waals surface area contributed by atoms with Crippen molar-refractivity contribution in [3.63, 3.8) is 0 Å². The summed E-state index contributed by atoms with van der Waals surface area (Å²) in [6.07, 6.45) is 4.75. The number of fused-ring (bicyclic) bond motifs is 1. The molecule has 0 atom stereocenters. The Morgan fingerprint density at radius 3 is 2.54 bits per heavy atom. The summed E-state index contributed by atoms with van der Waals surface area (Å²) in [5.41, 5.74) is 1.14. The normalized spacial score (nSPS) is 15.0. The lowest BCUT2D eigenvalue weighted by Gasteiger charge is -2.34. The van der Waals surface area contributed by atoms with Crippen molar-refractivity contribution in [1.82, 2.24) is 25.0 Å². The zero-order valence-electron chi connectivity index (χ0n) is 12.8. The molecule has 3 aromatic heterocycles. The van der Waals surface area contributed by atoms with Gasteiger partial charge in [-0.15, -0.1) is 0 Å². The Labute approximate surface area is 137 Å². The van der Waals surface area contributed by atoms with Gasteiger partial charge in [-0.3, -0.25) is 19.7 Å². The highest BCUT2D eigenvalue weighted by Crippen LogP contribution is 2.17. The van der Waals surface area contributed by atoms with E-state index >= 15 is 0 Å². The number of hydrogen-bond acceptors (Lipinski definition) is 5. The maximum atomic E-state index is 12.7. The summed E-state index contributed by atoms with van der Waals surface area (Å²) in [6, 6.07) is 5.10. The SMILES string of the molecule is O=C(c1ccco1)N1CCN(C(=O)c2n[nH]c3ccncc23)CC1. The second-order valence-corrected chi connectivity index (χ2v) is 5.56. The van der Waals surface area contributed by atoms with E-state index in [9.17, 15) is 9.59 Å². The van der Waals surface area contributed by atoms with Gasteiger partial charge in [0.05, 0.1) is 17.2 Å². The van der Waals surface area contributed by atoms with Gasteiger partial charge in [-0.1, -0.05) is 0 Å². The standard InChI is InChI=1S/C16H15N5O3/c22-15(13-2-1-9-24-13)20-5-7-21(8-6-20)16(23)14-11-10-17-4-3-12(11)18-19-14/h1-4,9-10H,5-8H2,(H,18,19). The van der Waals surface area contributed by atoms with Crippen molar-refractivity contribution in [3.8, 4) is 0 Å². The van der Waals surface area contributed by atoms with Gasteiger partial charge in [0.1, 0.15) is 0 Å². The van der Waals surface area contributed by atoms with Gasteiger partial charge in [0.2, 0.25) is 0 Å². The molecule has 0 spiro atoms. The van der Waals surface area contributed by atoms with Gasteiger partial charge in [-0.25, -0.2) is 0 Å². The summed E-state index contributed by atoms with van der Waals surface area (Å²) in [4.78, 5) is 32.4. The van der Waals surface area contributed by atoms with Crippen LogP contribution in [0.25, 0.3) is 10.9 Å². The van der Waals surface area contributed by atoms with Gasteiger partial charge >= 0.3 is 0 Å². The monoisotopic (exact) mass is 325 g/mol. The summed E-state index contributed by atoms with van der Waals surface area (Å²) in [5.74, 6) is 0.0139. The number of hydrogen-bond donors (Lipinski definition) is 1. The Kier molecular flexibility index (Phi) is 3.49. The van der Waals surface area contributed by atoms with Gasteiger partial charge in [-0.05, 0) is 18.2 Å². The first-order valence-corrected chi connectivity index (χ1v) is 7.64. The smallest absolute Gasteiger partial charge is 0.289 e. The molecule has 1 fully saturated rings. The number of rotatable bonds is 2. The van der Waals surface area contributed by atoms with Gasteiger partial charge in [0.25, 0.3) is 11.8 Å². The summed E-state index contributed by atoms with van der Waals surface area (Å²) >= 11 is 0. The molecule has 0 aromatic carbocycles. The predicted molar refractivity (Wildman–Crippen MR) is 84.4 cm³/mol. The van der Waals surface area contributed by atoms with Crippen LogP contribution < -0.4 is 0 Å². The quantitative estimate of drug-likeness (QED) is 0.762. The van der Waals surface area contributed by atoms with Crippen LogP contribution in [0.5, 0.6) is 0 Å². The molecule has 24 heavy (non-hydrogen) atoms. The van der Waals surface area contributed by atoms with Crippen molar-refractivity contribution in [2.45, 2.75) is 0 Å². The third-order valence-electron chi connectivity index (χ3n) is 4.15. The molecular weight excluding hydrogens is 310 g/mol. The fourth-order valence-corrected chi connectivity index (χ4v) is 2.84. The highest BCUT2D eigenvalue weighted by Gasteiger charge is 2.28. The fraction of sp³-hybridized carbons (Fsp3) is 0.250. The van der Waals surface area contributed by atoms with E-state index in [1.807, 2.05) is 0 Å². The van der Waals surface area contributed by atoms with Crippen LogP contribution in [0, 0.1) is 0 Å². The van der Waals surface area contributed by atoms with Crippen LogP contribution in [0.15, 0.2) is 41.3 Å². The van der Waals surface area contributed by atoms with E-state index in [1.54, 1.807) is 40.4 Å². The third kappa shape index (κ3) is 2.41. The zero-order chi connectivity index (χ0) is 16.5. The number of nitrogens with zero attached hydrogens (tertiary/aromatic N) is 4. The largest absolute Gasteiger partial charge is 0.459 e. The molecule has 0 saturated carbocycles. The van der Waals surface area contributed by atoms with E-state index in [4.69, 9.17) is 4.42 Å². The fourth-order valence-electron chi connectivity index (χ4n) is 2.84. The molecule has 2 amide bonds. The third-order valence-corrected chi connectivity index (χ3v) is 4.15. The molecule has 3 aromatic rings. The van der Waals surface area contributed by atoms with Crippen LogP contribution in [0.3, 0.4) is 0 Å². The molecule has 122 valence electrons. The number of aromatic amines is 1. The van der Waals surface area contributed by atoms with Crippen molar-refractivity contribution >= 4 is 22.7 Å². The molecule has 0 aliphatic carbocycles. The lowest BCUT2D eigenvalue weighted by molar-refractivity contribution is 0.0516. The summed E-state index contributed by atoms with van der Waals surface area (Å²) in [7, 11) is 0. The van der Waals surface area contributed by atoms with Crippen LogP contribution in [-0.2, 0) is 0 Å². The van der Waals surface area contributed by atoms with E-state index in [0.29, 0.717) is 43.0 Å². The first-order chi connectivity index (χ1) is 11.7. The Morgan fingerprint density at radius 1 is 1.08 bits per heavy atom. The van der Waals surface area contributed by atoms with Crippen molar-refractivity contribution in [2.75, 3.05) is 26.2 Å². The van der Waals surface area contributed by atoms with Gasteiger partial charge in [-0.2, -0.15) is 5.10 Å². The number of H-pyrrole nitrogens is 1. The van der Waals surface area contributed by atoms with Gasteiger partial charge < -0.3 is 14.2 Å². The average molecular weight is 325 g/mol. The first-order valence-electron chi connectivity index (χ1n) is 7.64. The van der Waals surface area contributed by atoms with E-state index in [0.717, 1.165) is 5.52 Å². The van der Waals surface area contributed by atoms with Crippen LogP contribution in [0.1, 0.15) is 21.0 Å². The molecule has 1 aliphatic heterocycles. The van der Waals surface area contributed by atoms with Crippen LogP contribution in [0.4, 0.5) is 0 Å². The van der Waals surface area contributed by atoms with E-state index in [2.05, 4.69) is 15.2 Å². The molecule has 4 rings (SSSR count). The van der Waals surface area contributed by atoms with Crippen LogP contribution in [-0.4, -0.2) is 63.0 Å². The molecule has 0 bridgehead atoms. The highest BCUT2D eigenvalue weighted by atomic mass is 16.3. The molecule has 1 N–H and O–H groups in total. The number of piperazine rings is 1. The van der Waals surface area contributed by atoms with Gasteiger partial charge in [0, 0.05) is 38.6 Å². The Morgan fingerprint density at radius 2 is 1.83 bits per heavy atom. The highest BCUT2D eigenvalue weighted by molar-refractivity contribution is 6.04. The number of carbonyl (C=O) groups is 2. The molecule has 8 heteroatoms. The Balaban J connectivity index is 1.46. The zero-order valence-corrected chi connectivity index (χ0v) is 12.8. The van der Waals surface area contributed by atoms with E-state index in [1.165, 1.54) is 6.26 Å². The second kappa shape index (κ2) is 5.80. The van der Waals surface area contributed by atoms with Crippen LogP contribution >= 0.6 is 0 Å². The lowest BCUT2D eigenvalue weighted by Crippen LogP contribution is -2.50. The summed E-state index contributed by atoms with van der Waals surface area (Å²) < 4.78 is 5.14. The number of amides is 2. The molecule has 4 heterocycles. The molecule has 0 radical (unpaired) electrons. The molecular formula is C16H15N5O3. The minimum atomic E-state index is -0.153. The van der Waals surface area contributed by atoms with Gasteiger partial charge in [0.15, 0.2) is 11.5 Å². The Bertz CT molecular complexity index is 878. The van der Waals surface area contributed by atoms with Crippen molar-refractivity contribution in [2.24, 2.45) is 0 Å². The topological polar surface area (TPSA) is 95.3 Å². The molecule has 8 nitrogen and oxygen atoms in total. The van der Waals surface area contributed by atoms with Crippen molar-refractivity contribution in [3.05, 3.63) is 48.3 Å². The number of nitrogens with one attached hydrogen (secondary N) is 1. The van der Waals surface area contributed by atoms with Crippen molar-refractivity contribution < 1.29 is 14.0 Å². The Hall–Kier alpha value is -3.16. The molecule has 1 saturated heterocycles. The average Bonchev–Trinajstić information content (AvgIpc) is 3.30. The molecule has 0 unspecified atom stereocenters. The minimum Gasteiger partial charge on any atom is -0.459 e. The maximum absolute atomic E-state index is 12.7. The number of furan rings is 1. The lowest BCUT2D eigenvalue weighted by atomic mass is 10.2. The summed E-state index contributed by atoms with van der Waals surface area (Å²) in [6.45, 7) is 1.84. The van der Waals surface area contributed by atoms with E-state index in [-0.39, 0.29) is 11.8 Å². The van der Waals surface area contributed by atoms with E-state index < -0.39 is 0 Å². The minimum absolute atomic E-state index is 0.151. The van der Waals surface area contributed by atoms with Crippen LogP contribution in [0.2, 0.25) is 0 Å². The predicted octanol–water partition coefficient (Wildman–Crippen LogP) is 1.15. The molecule has 1 aliphatic rings. The number of pyridine rings is 1. The number of carbonyl (C=O) groups excluding carboxylic acids is 2. The van der Waals surface area contributed by atoms with Crippen molar-refractivity contribution in [1.29, 1.82) is 0 Å².